The Bertz CT molecular complexity index is 149. The number of rotatable bonds is 2. The molecule has 3 nitrogen and oxygen atoms in total. The van der Waals surface area contributed by atoms with Crippen molar-refractivity contribution in [2.75, 3.05) is 19.7 Å². The van der Waals surface area contributed by atoms with E-state index in [1.54, 1.807) is 0 Å². The summed E-state index contributed by atoms with van der Waals surface area (Å²) in [6.45, 7) is 2.40. The Kier molecular flexibility index (Phi) is 4.12. The molecule has 0 amide bonds. The van der Waals surface area contributed by atoms with E-state index in [0.29, 0.717) is 6.10 Å². The van der Waals surface area contributed by atoms with Crippen LogP contribution in [-0.4, -0.2) is 28.9 Å². The third-order valence-corrected chi connectivity index (χ3v) is 2.74. The zero-order valence-corrected chi connectivity index (χ0v) is 8.45. The number of hydrogen-bond donors (Lipinski definition) is 0. The zero-order valence-electron chi connectivity index (χ0n) is 6.29. The number of halogens is 1. The number of ether oxygens (including phenoxy) is 1. The molecular weight excluding hydrogens is 255 g/mol. The van der Waals surface area contributed by atoms with E-state index in [1.807, 2.05) is 6.07 Å². The van der Waals surface area contributed by atoms with Crippen molar-refractivity contribution in [3.8, 4) is 6.07 Å². The summed E-state index contributed by atoms with van der Waals surface area (Å²) in [6.07, 6.45) is 2.44. The molecule has 1 fully saturated rings. The molecule has 1 rings (SSSR count). The van der Waals surface area contributed by atoms with Crippen LogP contribution in [0.3, 0.4) is 0 Å². The molecule has 0 saturated carbocycles. The highest BCUT2D eigenvalue weighted by atomic mass is 127. The monoisotopic (exact) mass is 266 g/mol. The molecule has 0 N–H and O–H groups in total. The average Bonchev–Trinajstić information content (AvgIpc) is 2.04. The molecule has 11 heavy (non-hydrogen) atoms. The fourth-order valence-corrected chi connectivity index (χ4v) is 1.70. The molecule has 1 heterocycles. The second-order valence-corrected chi connectivity index (χ2v) is 3.94. The predicted octanol–water partition coefficient (Wildman–Crippen LogP) is 1.34. The Morgan fingerprint density at radius 2 is 2.18 bits per heavy atom. The van der Waals surface area contributed by atoms with Gasteiger partial charge >= 0.3 is 0 Å². The summed E-state index contributed by atoms with van der Waals surface area (Å²) in [5.74, 6) is 0. The zero-order chi connectivity index (χ0) is 8.10. The van der Waals surface area contributed by atoms with Gasteiger partial charge in [0.15, 0.2) is 0 Å². The van der Waals surface area contributed by atoms with Crippen LogP contribution < -0.4 is 0 Å². The molecule has 1 saturated heterocycles. The number of piperidine rings is 1. The molecule has 0 bridgehead atoms. The van der Waals surface area contributed by atoms with Crippen LogP contribution in [-0.2, 0) is 4.74 Å². The standard InChI is InChI=1S/C7H11IN2O/c8-10-4-1-7(2-5-10)11-6-3-9/h7H,1-2,4-6H2. The van der Waals surface area contributed by atoms with E-state index in [1.165, 1.54) is 0 Å². The lowest BCUT2D eigenvalue weighted by Gasteiger charge is -2.26. The minimum absolute atomic E-state index is 0.242. The molecule has 4 heteroatoms. The van der Waals surface area contributed by atoms with Gasteiger partial charge in [-0.2, -0.15) is 5.26 Å². The second-order valence-electron chi connectivity index (χ2n) is 2.58. The molecular formula is C7H11IN2O. The van der Waals surface area contributed by atoms with Crippen LogP contribution in [0.15, 0.2) is 0 Å². The minimum atomic E-state index is 0.242. The summed E-state index contributed by atoms with van der Waals surface area (Å²) in [7, 11) is 0. The van der Waals surface area contributed by atoms with E-state index in [-0.39, 0.29) is 6.61 Å². The van der Waals surface area contributed by atoms with E-state index >= 15 is 0 Å². The first-order valence-electron chi connectivity index (χ1n) is 3.72. The lowest BCUT2D eigenvalue weighted by atomic mass is 10.1. The van der Waals surface area contributed by atoms with Gasteiger partial charge in [-0.3, -0.25) is 0 Å². The van der Waals surface area contributed by atoms with Crippen molar-refractivity contribution in [1.29, 1.82) is 5.26 Å². The first kappa shape index (κ1) is 9.23. The van der Waals surface area contributed by atoms with Gasteiger partial charge in [-0.15, -0.1) is 0 Å². The summed E-state index contributed by atoms with van der Waals surface area (Å²) in [5, 5.41) is 8.26. The molecule has 0 radical (unpaired) electrons. The van der Waals surface area contributed by atoms with Crippen LogP contribution in [0, 0.1) is 11.3 Å². The second kappa shape index (κ2) is 4.91. The summed E-state index contributed by atoms with van der Waals surface area (Å²) >= 11 is 2.32. The van der Waals surface area contributed by atoms with Gasteiger partial charge in [-0.05, 0) is 12.8 Å². The maximum absolute atomic E-state index is 8.26. The van der Waals surface area contributed by atoms with Crippen LogP contribution >= 0.6 is 22.9 Å². The van der Waals surface area contributed by atoms with Crippen molar-refractivity contribution in [2.24, 2.45) is 0 Å². The number of nitrogens with zero attached hydrogens (tertiary/aromatic N) is 2. The van der Waals surface area contributed by atoms with Gasteiger partial charge in [0.25, 0.3) is 0 Å². The normalized spacial score (nSPS) is 21.5. The summed E-state index contributed by atoms with van der Waals surface area (Å²) < 4.78 is 7.54. The highest BCUT2D eigenvalue weighted by molar-refractivity contribution is 14.1. The largest absolute Gasteiger partial charge is 0.363 e. The highest BCUT2D eigenvalue weighted by Gasteiger charge is 2.17. The first-order chi connectivity index (χ1) is 5.33. The van der Waals surface area contributed by atoms with Gasteiger partial charge in [0.1, 0.15) is 6.61 Å². The molecule has 0 unspecified atom stereocenters. The van der Waals surface area contributed by atoms with Gasteiger partial charge < -0.3 is 4.74 Å². The SMILES string of the molecule is N#CCOC1CCN(I)CC1. The quantitative estimate of drug-likeness (QED) is 0.559. The maximum Gasteiger partial charge on any atom is 0.134 e. The highest BCUT2D eigenvalue weighted by Crippen LogP contribution is 2.15. The van der Waals surface area contributed by atoms with Crippen molar-refractivity contribution in [3.63, 3.8) is 0 Å². The molecule has 0 aromatic rings. The Morgan fingerprint density at radius 1 is 1.55 bits per heavy atom. The lowest BCUT2D eigenvalue weighted by Crippen LogP contribution is -2.30. The van der Waals surface area contributed by atoms with Crippen molar-refractivity contribution in [1.82, 2.24) is 3.11 Å². The third-order valence-electron chi connectivity index (χ3n) is 1.77. The van der Waals surface area contributed by atoms with Gasteiger partial charge in [-0.25, -0.2) is 3.11 Å². The Balaban J connectivity index is 2.13. The average molecular weight is 266 g/mol. The summed E-state index contributed by atoms with van der Waals surface area (Å²) in [5.41, 5.74) is 0. The van der Waals surface area contributed by atoms with Crippen molar-refractivity contribution in [2.45, 2.75) is 18.9 Å². The van der Waals surface area contributed by atoms with Crippen molar-refractivity contribution >= 4 is 22.9 Å². The fourth-order valence-electron chi connectivity index (χ4n) is 1.15. The summed E-state index contributed by atoms with van der Waals surface area (Å²) in [6, 6.07) is 1.99. The molecule has 0 spiro atoms. The van der Waals surface area contributed by atoms with E-state index < -0.39 is 0 Å². The van der Waals surface area contributed by atoms with Gasteiger partial charge in [0.05, 0.1) is 12.2 Å². The lowest BCUT2D eigenvalue weighted by molar-refractivity contribution is 0.0444. The predicted molar refractivity (Wildman–Crippen MR) is 50.2 cm³/mol. The first-order valence-corrected chi connectivity index (χ1v) is 4.68. The molecule has 0 atom stereocenters. The van der Waals surface area contributed by atoms with Crippen LogP contribution in [0.4, 0.5) is 0 Å². The van der Waals surface area contributed by atoms with E-state index in [0.717, 1.165) is 25.9 Å². The molecule has 1 aliphatic heterocycles. The van der Waals surface area contributed by atoms with Gasteiger partial charge in [-0.1, -0.05) is 0 Å². The molecule has 62 valence electrons. The Hall–Kier alpha value is 0.140. The molecule has 0 aromatic carbocycles. The topological polar surface area (TPSA) is 36.3 Å². The van der Waals surface area contributed by atoms with Gasteiger partial charge in [0, 0.05) is 36.0 Å². The Morgan fingerprint density at radius 3 is 2.73 bits per heavy atom. The third kappa shape index (κ3) is 3.36. The van der Waals surface area contributed by atoms with E-state index in [4.69, 9.17) is 10.00 Å². The van der Waals surface area contributed by atoms with E-state index in [2.05, 4.69) is 26.0 Å². The van der Waals surface area contributed by atoms with Crippen LogP contribution in [0.2, 0.25) is 0 Å². The van der Waals surface area contributed by atoms with Crippen LogP contribution in [0.25, 0.3) is 0 Å². The maximum atomic E-state index is 8.26. The molecule has 1 aliphatic rings. The van der Waals surface area contributed by atoms with Crippen molar-refractivity contribution in [3.05, 3.63) is 0 Å². The van der Waals surface area contributed by atoms with E-state index in [9.17, 15) is 0 Å². The summed E-state index contributed by atoms with van der Waals surface area (Å²) in [4.78, 5) is 0. The van der Waals surface area contributed by atoms with Crippen LogP contribution in [0.1, 0.15) is 12.8 Å². The van der Waals surface area contributed by atoms with Gasteiger partial charge in [0.2, 0.25) is 0 Å². The number of nitriles is 1. The van der Waals surface area contributed by atoms with Crippen LogP contribution in [0.5, 0.6) is 0 Å². The van der Waals surface area contributed by atoms with Crippen molar-refractivity contribution < 1.29 is 4.74 Å². The minimum Gasteiger partial charge on any atom is -0.363 e. The smallest absolute Gasteiger partial charge is 0.134 e. The molecule has 0 aliphatic carbocycles. The molecule has 0 aromatic heterocycles. The fraction of sp³-hybridized carbons (Fsp3) is 0.857. The Labute approximate surface area is 80.8 Å². The number of hydrogen-bond acceptors (Lipinski definition) is 3.